The van der Waals surface area contributed by atoms with Crippen molar-refractivity contribution in [3.8, 4) is 0 Å². The van der Waals surface area contributed by atoms with Crippen LogP contribution in [-0.4, -0.2) is 10.9 Å². The third kappa shape index (κ3) is 3.97. The average molecular weight is 524 g/mol. The maximum absolute atomic E-state index is 13.4. The number of Topliss-reactive ketones (excluding diaryl/α,β-unsaturated/α-hetero) is 1. The van der Waals surface area contributed by atoms with Crippen LogP contribution in [0.5, 0.6) is 0 Å². The molecule has 0 bridgehead atoms. The van der Waals surface area contributed by atoms with Gasteiger partial charge in [-0.25, -0.2) is 0 Å². The van der Waals surface area contributed by atoms with Crippen molar-refractivity contribution in [2.75, 3.05) is 4.90 Å². The van der Waals surface area contributed by atoms with E-state index in [0.29, 0.717) is 16.7 Å². The second-order valence-electron chi connectivity index (χ2n) is 9.91. The summed E-state index contributed by atoms with van der Waals surface area (Å²) in [5.41, 5.74) is 5.07. The minimum Gasteiger partial charge on any atom is -0.383 e. The molecule has 1 aliphatic rings. The van der Waals surface area contributed by atoms with E-state index in [9.17, 15) is 9.90 Å². The van der Waals surface area contributed by atoms with Gasteiger partial charge in [-0.3, -0.25) is 4.79 Å². The van der Waals surface area contributed by atoms with Gasteiger partial charge in [-0.2, -0.15) is 0 Å². The van der Waals surface area contributed by atoms with Crippen molar-refractivity contribution in [2.45, 2.75) is 13.0 Å². The molecule has 5 aromatic carbocycles. The summed E-state index contributed by atoms with van der Waals surface area (Å²) in [5.74, 6) is -0.109. The summed E-state index contributed by atoms with van der Waals surface area (Å²) in [6.07, 6.45) is 0.913. The molecule has 0 saturated heterocycles. The van der Waals surface area contributed by atoms with Gasteiger partial charge in [-0.1, -0.05) is 72.8 Å². The number of fused-ring (bicyclic) bond motifs is 3. The second kappa shape index (κ2) is 9.35. The number of thiophene rings is 1. The Bertz CT molecular complexity index is 1920. The Morgan fingerprint density at radius 1 is 0.769 bits per heavy atom. The molecule has 0 radical (unpaired) electrons. The zero-order valence-corrected chi connectivity index (χ0v) is 22.2. The molecule has 0 amide bonds. The van der Waals surface area contributed by atoms with Crippen LogP contribution in [0.25, 0.3) is 27.6 Å². The first-order chi connectivity index (χ1) is 19.1. The van der Waals surface area contributed by atoms with E-state index in [0.717, 1.165) is 32.0 Å². The number of anilines is 3. The van der Waals surface area contributed by atoms with E-state index in [1.807, 2.05) is 66.7 Å². The molecule has 0 spiro atoms. The van der Waals surface area contributed by atoms with Crippen LogP contribution in [0, 0.1) is 6.92 Å². The van der Waals surface area contributed by atoms with Crippen LogP contribution < -0.4 is 4.90 Å². The molecule has 6 aromatic rings. The van der Waals surface area contributed by atoms with Crippen LogP contribution in [-0.2, 0) is 0 Å². The number of ketones is 1. The quantitative estimate of drug-likeness (QED) is 0.234. The lowest BCUT2D eigenvalue weighted by atomic mass is 10.0. The van der Waals surface area contributed by atoms with Crippen molar-refractivity contribution < 1.29 is 9.90 Å². The molecule has 1 unspecified atom stereocenters. The highest BCUT2D eigenvalue weighted by Crippen LogP contribution is 2.44. The van der Waals surface area contributed by atoms with Gasteiger partial charge < -0.3 is 10.0 Å². The lowest BCUT2D eigenvalue weighted by Gasteiger charge is -2.25. The average Bonchev–Trinajstić information content (AvgIpc) is 3.52. The predicted octanol–water partition coefficient (Wildman–Crippen LogP) is 9.15. The van der Waals surface area contributed by atoms with Gasteiger partial charge in [0.2, 0.25) is 0 Å². The van der Waals surface area contributed by atoms with Crippen molar-refractivity contribution in [3.05, 3.63) is 142 Å². The number of aliphatic hydroxyl groups excluding tert-OH is 1. The Balaban J connectivity index is 1.32. The molecule has 1 aromatic heterocycles. The molecule has 1 aliphatic carbocycles. The highest BCUT2D eigenvalue weighted by Gasteiger charge is 2.33. The van der Waals surface area contributed by atoms with Crippen molar-refractivity contribution in [1.29, 1.82) is 0 Å². The molecule has 1 heterocycles. The number of benzene rings is 5. The number of carbonyl (C=O) groups is 1. The molecule has 1 N–H and O–H groups in total. The fraction of sp³-hybridized carbons (Fsp3) is 0.0571. The highest BCUT2D eigenvalue weighted by molar-refractivity contribution is 7.17. The third-order valence-electron chi connectivity index (χ3n) is 7.52. The van der Waals surface area contributed by atoms with Crippen LogP contribution in [0.1, 0.15) is 32.5 Å². The number of hydrogen-bond acceptors (Lipinski definition) is 4. The Labute approximate surface area is 230 Å². The smallest absolute Gasteiger partial charge is 0.192 e. The zero-order chi connectivity index (χ0) is 26.5. The van der Waals surface area contributed by atoms with Gasteiger partial charge in [0.25, 0.3) is 0 Å². The van der Waals surface area contributed by atoms with E-state index >= 15 is 0 Å². The lowest BCUT2D eigenvalue weighted by molar-refractivity contribution is 0.102. The summed E-state index contributed by atoms with van der Waals surface area (Å²) in [6, 6.07) is 39.0. The van der Waals surface area contributed by atoms with Crippen molar-refractivity contribution in [3.63, 3.8) is 0 Å². The Kier molecular flexibility index (Phi) is 5.66. The number of para-hydroxylation sites is 1. The summed E-state index contributed by atoms with van der Waals surface area (Å²) in [4.78, 5) is 16.6. The monoisotopic (exact) mass is 523 g/mol. The van der Waals surface area contributed by atoms with E-state index in [1.54, 1.807) is 11.3 Å². The first-order valence-electron chi connectivity index (χ1n) is 13.0. The van der Waals surface area contributed by atoms with Gasteiger partial charge in [0.05, 0.1) is 5.69 Å². The van der Waals surface area contributed by atoms with E-state index in [-0.39, 0.29) is 5.78 Å². The Morgan fingerprint density at radius 3 is 2.26 bits per heavy atom. The topological polar surface area (TPSA) is 40.5 Å². The number of nitrogens with zero attached hydrogens (tertiary/aromatic N) is 1. The highest BCUT2D eigenvalue weighted by atomic mass is 32.1. The summed E-state index contributed by atoms with van der Waals surface area (Å²) in [7, 11) is 0. The molecule has 7 rings (SSSR count). The summed E-state index contributed by atoms with van der Waals surface area (Å²) >= 11 is 1.60. The molecule has 188 valence electrons. The first kappa shape index (κ1) is 23.6. The summed E-state index contributed by atoms with van der Waals surface area (Å²) < 4.78 is 0. The number of carbonyl (C=O) groups excluding carboxylic acids is 1. The van der Waals surface area contributed by atoms with Crippen molar-refractivity contribution in [1.82, 2.24) is 0 Å². The number of hydrogen-bond donors (Lipinski definition) is 1. The Hall–Kier alpha value is -4.51. The number of aliphatic hydroxyl groups is 1. The zero-order valence-electron chi connectivity index (χ0n) is 21.3. The van der Waals surface area contributed by atoms with Gasteiger partial charge in [0.15, 0.2) is 5.78 Å². The normalized spacial score (nSPS) is 15.8. The van der Waals surface area contributed by atoms with Gasteiger partial charge >= 0.3 is 0 Å². The van der Waals surface area contributed by atoms with Crippen LogP contribution in [0.2, 0.25) is 0 Å². The first-order valence-corrected chi connectivity index (χ1v) is 13.8. The molecule has 0 saturated carbocycles. The van der Waals surface area contributed by atoms with E-state index < -0.39 is 6.10 Å². The summed E-state index contributed by atoms with van der Waals surface area (Å²) in [5, 5.41) is 16.6. The maximum Gasteiger partial charge on any atom is 0.192 e. The fourth-order valence-electron chi connectivity index (χ4n) is 5.56. The minimum absolute atomic E-state index is 0.109. The van der Waals surface area contributed by atoms with Gasteiger partial charge in [-0.05, 0) is 82.7 Å². The van der Waals surface area contributed by atoms with E-state index in [2.05, 4.69) is 66.4 Å². The summed E-state index contributed by atoms with van der Waals surface area (Å²) in [6.45, 7) is 2.14. The molecule has 39 heavy (non-hydrogen) atoms. The standard InChI is InChI=1S/C35H25NO2S/c1-22-15-17-32(28-14-8-7-13-27(22)28)36(25-11-3-2-4-12-25)33-18-16-26(39-33)21-31-34(37)29-19-23-9-5-6-10-24(23)20-30(29)35(31)38/h2-21,34,37H,1H3/b31-21+. The second-order valence-corrected chi connectivity index (χ2v) is 11.0. The van der Waals surface area contributed by atoms with Crippen LogP contribution in [0.3, 0.4) is 0 Å². The van der Waals surface area contributed by atoms with Crippen LogP contribution in [0.15, 0.2) is 121 Å². The van der Waals surface area contributed by atoms with E-state index in [1.165, 1.54) is 16.3 Å². The largest absolute Gasteiger partial charge is 0.383 e. The van der Waals surface area contributed by atoms with Crippen LogP contribution in [0.4, 0.5) is 16.4 Å². The molecular formula is C35H25NO2S. The maximum atomic E-state index is 13.4. The van der Waals surface area contributed by atoms with E-state index in [4.69, 9.17) is 0 Å². The minimum atomic E-state index is -0.936. The van der Waals surface area contributed by atoms with Gasteiger partial charge in [-0.15, -0.1) is 11.3 Å². The molecule has 4 heteroatoms. The van der Waals surface area contributed by atoms with Gasteiger partial charge in [0.1, 0.15) is 11.1 Å². The van der Waals surface area contributed by atoms with Gasteiger partial charge in [0, 0.05) is 27.1 Å². The molecule has 3 nitrogen and oxygen atoms in total. The molecule has 0 aliphatic heterocycles. The third-order valence-corrected chi connectivity index (χ3v) is 8.54. The number of rotatable bonds is 4. The predicted molar refractivity (Wildman–Crippen MR) is 162 cm³/mol. The fourth-order valence-corrected chi connectivity index (χ4v) is 6.55. The SMILES string of the molecule is Cc1ccc(N(c2ccccc2)c2ccc(/C=C3/C(=O)c4cc5ccccc5cc4C3O)s2)c2ccccc12. The van der Waals surface area contributed by atoms with Crippen molar-refractivity contribution in [2.24, 2.45) is 0 Å². The molecule has 1 atom stereocenters. The lowest BCUT2D eigenvalue weighted by Crippen LogP contribution is -2.09. The number of aryl methyl sites for hydroxylation is 1. The Morgan fingerprint density at radius 2 is 1.46 bits per heavy atom. The molecular weight excluding hydrogens is 498 g/mol. The van der Waals surface area contributed by atoms with Crippen molar-refractivity contribution >= 4 is 61.1 Å². The molecule has 0 fully saturated rings. The van der Waals surface area contributed by atoms with Crippen LogP contribution >= 0.6 is 11.3 Å².